The van der Waals surface area contributed by atoms with Crippen LogP contribution < -0.4 is 10.1 Å². The Morgan fingerprint density at radius 3 is 2.52 bits per heavy atom. The number of piperidine rings is 1. The van der Waals surface area contributed by atoms with Crippen molar-refractivity contribution < 1.29 is 14.3 Å². The van der Waals surface area contributed by atoms with E-state index < -0.39 is 0 Å². The minimum atomic E-state index is -0.0305. The van der Waals surface area contributed by atoms with Gasteiger partial charge in [-0.2, -0.15) is 0 Å². The largest absolute Gasteiger partial charge is 0.497 e. The van der Waals surface area contributed by atoms with E-state index in [1.54, 1.807) is 7.11 Å². The maximum Gasteiger partial charge on any atom is 0.254 e. The molecule has 0 radical (unpaired) electrons. The Balaban J connectivity index is 1.41. The number of benzene rings is 2. The van der Waals surface area contributed by atoms with E-state index in [0.29, 0.717) is 18.0 Å². The molecule has 0 aromatic heterocycles. The third-order valence-electron chi connectivity index (χ3n) is 5.82. The summed E-state index contributed by atoms with van der Waals surface area (Å²) in [5.41, 5.74) is 2.34. The zero-order chi connectivity index (χ0) is 19.0. The van der Waals surface area contributed by atoms with Crippen LogP contribution in [0.1, 0.15) is 39.1 Å². The fraction of sp³-hybridized carbons (Fsp3) is 0.364. The number of hydrogen-bond donors (Lipinski definition) is 1. The number of likely N-dealkylation sites (tertiary alicyclic amines) is 1. The van der Waals surface area contributed by atoms with Crippen molar-refractivity contribution in [1.82, 2.24) is 10.2 Å². The van der Waals surface area contributed by atoms with Crippen molar-refractivity contribution in [2.75, 3.05) is 13.7 Å². The number of nitrogens with one attached hydrogen (secondary N) is 1. The van der Waals surface area contributed by atoms with Crippen molar-refractivity contribution in [3.8, 4) is 5.75 Å². The summed E-state index contributed by atoms with van der Waals surface area (Å²) in [6.45, 7) is 2.64. The van der Waals surface area contributed by atoms with Gasteiger partial charge in [0.25, 0.3) is 11.8 Å². The van der Waals surface area contributed by atoms with E-state index in [-0.39, 0.29) is 23.9 Å². The third kappa shape index (κ3) is 3.29. The second-order valence-electron chi connectivity index (χ2n) is 7.47. The van der Waals surface area contributed by atoms with E-state index >= 15 is 0 Å². The van der Waals surface area contributed by atoms with Crippen LogP contribution in [0.15, 0.2) is 48.5 Å². The normalized spacial score (nSPS) is 23.3. The van der Waals surface area contributed by atoms with Crippen LogP contribution in [-0.4, -0.2) is 42.5 Å². The number of rotatable bonds is 4. The molecule has 1 aliphatic carbocycles. The molecule has 3 atom stereocenters. The first-order chi connectivity index (χ1) is 13.1. The highest BCUT2D eigenvalue weighted by atomic mass is 16.5. The molecule has 2 bridgehead atoms. The van der Waals surface area contributed by atoms with Gasteiger partial charge in [-0.3, -0.25) is 9.59 Å². The lowest BCUT2D eigenvalue weighted by molar-refractivity contribution is 0.0679. The highest BCUT2D eigenvalue weighted by Crippen LogP contribution is 2.39. The molecule has 2 aromatic carbocycles. The number of hydrogen-bond acceptors (Lipinski definition) is 3. The fourth-order valence-corrected chi connectivity index (χ4v) is 4.38. The van der Waals surface area contributed by atoms with Gasteiger partial charge >= 0.3 is 0 Å². The van der Waals surface area contributed by atoms with Crippen molar-refractivity contribution in [2.24, 2.45) is 5.92 Å². The van der Waals surface area contributed by atoms with Gasteiger partial charge in [0.15, 0.2) is 0 Å². The van der Waals surface area contributed by atoms with Crippen molar-refractivity contribution >= 4 is 11.8 Å². The number of nitrogens with zero attached hydrogens (tertiary/aromatic N) is 1. The Bertz CT molecular complexity index is 865. The van der Waals surface area contributed by atoms with Gasteiger partial charge in [-0.05, 0) is 61.6 Å². The molecular weight excluding hydrogens is 340 g/mol. The number of methoxy groups -OCH3 is 1. The number of amides is 2. The van der Waals surface area contributed by atoms with Gasteiger partial charge in [0.05, 0.1) is 7.11 Å². The summed E-state index contributed by atoms with van der Waals surface area (Å²) in [5.74, 6) is 1.13. The van der Waals surface area contributed by atoms with Gasteiger partial charge in [-0.15, -0.1) is 0 Å². The minimum absolute atomic E-state index is 0.0305. The molecule has 5 heteroatoms. The number of ether oxygens (including phenoxy) is 1. The summed E-state index contributed by atoms with van der Waals surface area (Å²) >= 11 is 0. The van der Waals surface area contributed by atoms with E-state index in [4.69, 9.17) is 4.74 Å². The highest BCUT2D eigenvalue weighted by Gasteiger charge is 2.47. The first kappa shape index (κ1) is 17.6. The summed E-state index contributed by atoms with van der Waals surface area (Å²) in [6, 6.07) is 15.2. The van der Waals surface area contributed by atoms with Crippen LogP contribution in [0, 0.1) is 12.8 Å². The van der Waals surface area contributed by atoms with Crippen LogP contribution in [0.4, 0.5) is 0 Å². The third-order valence-corrected chi connectivity index (χ3v) is 5.82. The molecule has 27 heavy (non-hydrogen) atoms. The van der Waals surface area contributed by atoms with Crippen molar-refractivity contribution in [2.45, 2.75) is 31.8 Å². The fourth-order valence-electron chi connectivity index (χ4n) is 4.38. The highest BCUT2D eigenvalue weighted by molar-refractivity contribution is 5.96. The topological polar surface area (TPSA) is 58.6 Å². The molecule has 1 saturated carbocycles. The van der Waals surface area contributed by atoms with Crippen LogP contribution in [-0.2, 0) is 0 Å². The zero-order valence-electron chi connectivity index (χ0n) is 15.6. The second kappa shape index (κ2) is 7.06. The van der Waals surface area contributed by atoms with Crippen molar-refractivity contribution in [3.05, 3.63) is 65.2 Å². The van der Waals surface area contributed by atoms with E-state index in [2.05, 4.69) is 5.32 Å². The molecule has 1 aliphatic heterocycles. The molecule has 2 amide bonds. The average molecular weight is 364 g/mol. The molecule has 1 saturated heterocycles. The molecule has 1 N–H and O–H groups in total. The van der Waals surface area contributed by atoms with E-state index in [1.165, 1.54) is 0 Å². The predicted molar refractivity (Wildman–Crippen MR) is 103 cm³/mol. The maximum atomic E-state index is 13.0. The molecular formula is C22H24N2O3. The molecule has 2 fully saturated rings. The van der Waals surface area contributed by atoms with Crippen LogP contribution in [0.25, 0.3) is 0 Å². The summed E-state index contributed by atoms with van der Waals surface area (Å²) in [6.07, 6.45) is 1.78. The molecule has 3 unspecified atom stereocenters. The zero-order valence-corrected chi connectivity index (χ0v) is 15.6. The lowest BCUT2D eigenvalue weighted by Crippen LogP contribution is -2.47. The molecule has 1 heterocycles. The van der Waals surface area contributed by atoms with Gasteiger partial charge in [0.1, 0.15) is 5.75 Å². The quantitative estimate of drug-likeness (QED) is 0.907. The van der Waals surface area contributed by atoms with Crippen LogP contribution in [0.2, 0.25) is 0 Å². The van der Waals surface area contributed by atoms with Gasteiger partial charge in [0.2, 0.25) is 0 Å². The number of fused-ring (bicyclic) bond motifs is 2. The molecule has 140 valence electrons. The van der Waals surface area contributed by atoms with E-state index in [0.717, 1.165) is 29.7 Å². The Labute approximate surface area is 159 Å². The van der Waals surface area contributed by atoms with Gasteiger partial charge in [0, 0.05) is 29.8 Å². The summed E-state index contributed by atoms with van der Waals surface area (Å²) < 4.78 is 5.23. The van der Waals surface area contributed by atoms with Crippen molar-refractivity contribution in [1.29, 1.82) is 0 Å². The SMILES string of the molecule is COc1ccc(C(=O)N2CC3CC2CC3NC(=O)c2ccccc2)c(C)c1. The molecule has 4 rings (SSSR count). The summed E-state index contributed by atoms with van der Waals surface area (Å²) in [7, 11) is 1.62. The molecule has 2 aliphatic rings. The van der Waals surface area contributed by atoms with E-state index in [9.17, 15) is 9.59 Å². The second-order valence-corrected chi connectivity index (χ2v) is 7.47. The number of carbonyl (C=O) groups is 2. The molecule has 0 spiro atoms. The lowest BCUT2D eigenvalue weighted by Gasteiger charge is -2.32. The van der Waals surface area contributed by atoms with Crippen molar-refractivity contribution in [3.63, 3.8) is 0 Å². The lowest BCUT2D eigenvalue weighted by atomic mass is 10.0. The van der Waals surface area contributed by atoms with Crippen LogP contribution in [0.3, 0.4) is 0 Å². The molecule has 5 nitrogen and oxygen atoms in total. The standard InChI is InChI=1S/C22H24N2O3/c1-14-10-18(27-2)8-9-19(14)22(26)24-13-16-11-17(24)12-20(16)23-21(25)15-6-4-3-5-7-15/h3-10,16-17,20H,11-13H2,1-2H3,(H,23,25). The molecule has 2 aromatic rings. The predicted octanol–water partition coefficient (Wildman–Crippen LogP) is 3.04. The first-order valence-corrected chi connectivity index (χ1v) is 9.38. The number of aryl methyl sites for hydroxylation is 1. The van der Waals surface area contributed by atoms with Gasteiger partial charge in [-0.1, -0.05) is 18.2 Å². The van der Waals surface area contributed by atoms with Gasteiger partial charge < -0.3 is 15.0 Å². The Morgan fingerprint density at radius 2 is 1.89 bits per heavy atom. The van der Waals surface area contributed by atoms with Gasteiger partial charge in [-0.25, -0.2) is 0 Å². The van der Waals surface area contributed by atoms with Crippen LogP contribution >= 0.6 is 0 Å². The Hall–Kier alpha value is -2.82. The summed E-state index contributed by atoms with van der Waals surface area (Å²) in [5, 5.41) is 3.16. The van der Waals surface area contributed by atoms with Crippen LogP contribution in [0.5, 0.6) is 5.75 Å². The average Bonchev–Trinajstić information content (AvgIpc) is 3.28. The number of carbonyl (C=O) groups excluding carboxylic acids is 2. The summed E-state index contributed by atoms with van der Waals surface area (Å²) in [4.78, 5) is 27.4. The minimum Gasteiger partial charge on any atom is -0.497 e. The maximum absolute atomic E-state index is 13.0. The first-order valence-electron chi connectivity index (χ1n) is 9.38. The Kier molecular flexibility index (Phi) is 4.60. The smallest absolute Gasteiger partial charge is 0.254 e. The monoisotopic (exact) mass is 364 g/mol. The van der Waals surface area contributed by atoms with E-state index in [1.807, 2.05) is 60.4 Å². The Morgan fingerprint density at radius 1 is 1.11 bits per heavy atom.